The van der Waals surface area contributed by atoms with Gasteiger partial charge in [0.25, 0.3) is 0 Å². The van der Waals surface area contributed by atoms with Crippen LogP contribution in [-0.4, -0.2) is 24.6 Å². The first-order valence-electron chi connectivity index (χ1n) is 5.63. The third-order valence-electron chi connectivity index (χ3n) is 2.32. The van der Waals surface area contributed by atoms with Gasteiger partial charge in [-0.15, -0.1) is 0 Å². The third kappa shape index (κ3) is 4.34. The van der Waals surface area contributed by atoms with Crippen LogP contribution in [-0.2, 0) is 4.74 Å². The van der Waals surface area contributed by atoms with E-state index in [1.807, 2.05) is 6.92 Å². The van der Waals surface area contributed by atoms with Gasteiger partial charge < -0.3 is 10.1 Å². The van der Waals surface area contributed by atoms with Gasteiger partial charge >= 0.3 is 5.97 Å². The van der Waals surface area contributed by atoms with E-state index in [1.54, 1.807) is 0 Å². The quantitative estimate of drug-likeness (QED) is 0.841. The molecule has 96 valence electrons. The first kappa shape index (κ1) is 14.0. The molecule has 0 aromatic carbocycles. The van der Waals surface area contributed by atoms with Crippen LogP contribution in [0.4, 0.5) is 5.13 Å². The maximum atomic E-state index is 11.4. The van der Waals surface area contributed by atoms with Crippen LogP contribution in [0.2, 0.25) is 0 Å². The normalized spacial score (nSPS) is 11.4. The van der Waals surface area contributed by atoms with Gasteiger partial charge in [-0.1, -0.05) is 32.1 Å². The molecule has 1 heterocycles. The van der Waals surface area contributed by atoms with Crippen LogP contribution in [0.1, 0.15) is 42.6 Å². The zero-order chi connectivity index (χ0) is 13.1. The highest BCUT2D eigenvalue weighted by atomic mass is 32.1. The summed E-state index contributed by atoms with van der Waals surface area (Å²) in [6.45, 7) is 9.26. The highest BCUT2D eigenvalue weighted by molar-refractivity contribution is 7.17. The van der Waals surface area contributed by atoms with Crippen molar-refractivity contribution in [2.75, 3.05) is 19.0 Å². The molecule has 1 aromatic heterocycles. The third-order valence-corrected chi connectivity index (χ3v) is 3.41. The summed E-state index contributed by atoms with van der Waals surface area (Å²) in [5.74, 6) is -0.316. The Kier molecular flexibility index (Phi) is 4.51. The fourth-order valence-corrected chi connectivity index (χ4v) is 2.21. The predicted molar refractivity (Wildman–Crippen MR) is 70.8 cm³/mol. The number of nitrogens with zero attached hydrogens (tertiary/aromatic N) is 1. The number of rotatable bonds is 4. The Morgan fingerprint density at radius 1 is 1.47 bits per heavy atom. The maximum absolute atomic E-state index is 11.4. The van der Waals surface area contributed by atoms with Crippen molar-refractivity contribution in [2.45, 2.75) is 34.1 Å². The average molecular weight is 256 g/mol. The Morgan fingerprint density at radius 2 is 2.12 bits per heavy atom. The number of methoxy groups -OCH3 is 1. The van der Waals surface area contributed by atoms with Gasteiger partial charge in [0, 0.05) is 6.54 Å². The van der Waals surface area contributed by atoms with Crippen molar-refractivity contribution in [1.29, 1.82) is 0 Å². The summed E-state index contributed by atoms with van der Waals surface area (Å²) in [5.41, 5.74) is 1.02. The van der Waals surface area contributed by atoms with Crippen molar-refractivity contribution in [1.82, 2.24) is 4.98 Å². The molecule has 0 saturated heterocycles. The van der Waals surface area contributed by atoms with Gasteiger partial charge in [0.15, 0.2) is 5.13 Å². The number of nitrogens with one attached hydrogen (secondary N) is 1. The lowest BCUT2D eigenvalue weighted by Crippen LogP contribution is -2.12. The van der Waals surface area contributed by atoms with E-state index in [4.69, 9.17) is 4.74 Å². The standard InChI is InChI=1S/C12H20N2O2S/c1-8-9(10(15)16-5)17-11(14-8)13-7-6-12(2,3)4/h6-7H2,1-5H3,(H,13,14). The van der Waals surface area contributed by atoms with Crippen molar-refractivity contribution < 1.29 is 9.53 Å². The molecule has 1 N–H and O–H groups in total. The minimum Gasteiger partial charge on any atom is -0.465 e. The van der Waals surface area contributed by atoms with Crippen LogP contribution in [0, 0.1) is 12.3 Å². The van der Waals surface area contributed by atoms with E-state index in [2.05, 4.69) is 31.1 Å². The summed E-state index contributed by atoms with van der Waals surface area (Å²) >= 11 is 1.35. The molecular weight excluding hydrogens is 236 g/mol. The lowest BCUT2D eigenvalue weighted by atomic mass is 9.92. The van der Waals surface area contributed by atoms with E-state index < -0.39 is 0 Å². The number of thiazole rings is 1. The molecule has 0 aliphatic rings. The Labute approximate surface area is 106 Å². The topological polar surface area (TPSA) is 51.2 Å². The number of carbonyl (C=O) groups excluding carboxylic acids is 1. The van der Waals surface area contributed by atoms with E-state index in [-0.39, 0.29) is 5.97 Å². The zero-order valence-electron chi connectivity index (χ0n) is 11.1. The maximum Gasteiger partial charge on any atom is 0.350 e. The van der Waals surface area contributed by atoms with Gasteiger partial charge in [-0.25, -0.2) is 9.78 Å². The second kappa shape index (κ2) is 5.49. The number of aromatic nitrogens is 1. The van der Waals surface area contributed by atoms with Crippen molar-refractivity contribution in [3.63, 3.8) is 0 Å². The summed E-state index contributed by atoms with van der Waals surface area (Å²) in [6, 6.07) is 0. The highest BCUT2D eigenvalue weighted by Gasteiger charge is 2.16. The number of hydrogen-bond donors (Lipinski definition) is 1. The van der Waals surface area contributed by atoms with Crippen LogP contribution in [0.25, 0.3) is 0 Å². The first-order chi connectivity index (χ1) is 7.83. The molecule has 0 aliphatic carbocycles. The van der Waals surface area contributed by atoms with Crippen LogP contribution in [0.15, 0.2) is 0 Å². The van der Waals surface area contributed by atoms with E-state index in [0.29, 0.717) is 10.3 Å². The summed E-state index contributed by atoms with van der Waals surface area (Å²) in [7, 11) is 1.38. The number of anilines is 1. The molecule has 5 heteroatoms. The van der Waals surface area contributed by atoms with E-state index >= 15 is 0 Å². The smallest absolute Gasteiger partial charge is 0.350 e. The molecule has 0 unspecified atom stereocenters. The lowest BCUT2D eigenvalue weighted by Gasteiger charge is -2.17. The summed E-state index contributed by atoms with van der Waals surface area (Å²) in [5, 5.41) is 4.03. The lowest BCUT2D eigenvalue weighted by molar-refractivity contribution is 0.0605. The zero-order valence-corrected chi connectivity index (χ0v) is 11.9. The Balaban J connectivity index is 2.59. The van der Waals surface area contributed by atoms with Crippen molar-refractivity contribution in [3.05, 3.63) is 10.6 Å². The molecule has 1 aromatic rings. The predicted octanol–water partition coefficient (Wildman–Crippen LogP) is 3.09. The SMILES string of the molecule is COC(=O)c1sc(NCCC(C)(C)C)nc1C. The van der Waals surface area contributed by atoms with Crippen molar-refractivity contribution >= 4 is 22.4 Å². The molecule has 0 saturated carbocycles. The summed E-state index contributed by atoms with van der Waals surface area (Å²) < 4.78 is 4.69. The fourth-order valence-electron chi connectivity index (χ4n) is 1.30. The van der Waals surface area contributed by atoms with Gasteiger partial charge in [0.1, 0.15) is 4.88 Å². The van der Waals surface area contributed by atoms with Gasteiger partial charge in [0.2, 0.25) is 0 Å². The minimum atomic E-state index is -0.316. The number of aryl methyl sites for hydroxylation is 1. The molecule has 0 aliphatic heterocycles. The average Bonchev–Trinajstić information content (AvgIpc) is 2.57. The number of carbonyl (C=O) groups is 1. The number of ether oxygens (including phenoxy) is 1. The van der Waals surface area contributed by atoms with E-state index in [9.17, 15) is 4.79 Å². The van der Waals surface area contributed by atoms with Gasteiger partial charge in [-0.05, 0) is 18.8 Å². The molecule has 1 rings (SSSR count). The van der Waals surface area contributed by atoms with Gasteiger partial charge in [0.05, 0.1) is 12.8 Å². The largest absolute Gasteiger partial charge is 0.465 e. The molecule has 0 spiro atoms. The number of hydrogen-bond acceptors (Lipinski definition) is 5. The van der Waals surface area contributed by atoms with E-state index in [0.717, 1.165) is 23.8 Å². The first-order valence-corrected chi connectivity index (χ1v) is 6.45. The molecular formula is C12H20N2O2S. The minimum absolute atomic E-state index is 0.296. The Bertz CT molecular complexity index is 394. The van der Waals surface area contributed by atoms with Crippen molar-refractivity contribution in [2.24, 2.45) is 5.41 Å². The second-order valence-electron chi connectivity index (χ2n) is 5.16. The van der Waals surface area contributed by atoms with Gasteiger partial charge in [-0.3, -0.25) is 0 Å². The van der Waals surface area contributed by atoms with E-state index in [1.165, 1.54) is 18.4 Å². The fraction of sp³-hybridized carbons (Fsp3) is 0.667. The summed E-state index contributed by atoms with van der Waals surface area (Å²) in [6.07, 6.45) is 1.05. The number of esters is 1. The molecule has 0 fully saturated rings. The Hall–Kier alpha value is -1.10. The highest BCUT2D eigenvalue weighted by Crippen LogP contribution is 2.24. The van der Waals surface area contributed by atoms with Crippen LogP contribution >= 0.6 is 11.3 Å². The Morgan fingerprint density at radius 3 is 2.65 bits per heavy atom. The molecule has 0 atom stereocenters. The molecule has 4 nitrogen and oxygen atoms in total. The van der Waals surface area contributed by atoms with Gasteiger partial charge in [-0.2, -0.15) is 0 Å². The molecule has 0 radical (unpaired) electrons. The van der Waals surface area contributed by atoms with Crippen LogP contribution in [0.3, 0.4) is 0 Å². The summed E-state index contributed by atoms with van der Waals surface area (Å²) in [4.78, 5) is 16.3. The molecule has 0 bridgehead atoms. The molecule has 17 heavy (non-hydrogen) atoms. The monoisotopic (exact) mass is 256 g/mol. The second-order valence-corrected chi connectivity index (χ2v) is 6.16. The van der Waals surface area contributed by atoms with Crippen LogP contribution in [0.5, 0.6) is 0 Å². The molecule has 0 amide bonds. The van der Waals surface area contributed by atoms with Crippen molar-refractivity contribution in [3.8, 4) is 0 Å². The van der Waals surface area contributed by atoms with Crippen LogP contribution < -0.4 is 5.32 Å².